The van der Waals surface area contributed by atoms with Crippen molar-refractivity contribution in [1.29, 1.82) is 0 Å². The molecule has 0 aliphatic carbocycles. The van der Waals surface area contributed by atoms with Gasteiger partial charge in [0.15, 0.2) is 10.9 Å². The van der Waals surface area contributed by atoms with Crippen LogP contribution >= 0.6 is 11.3 Å². The normalized spacial score (nSPS) is 16.0. The number of nitrogens with zero attached hydrogens (tertiary/aromatic N) is 3. The Hall–Kier alpha value is -3.52. The monoisotopic (exact) mass is 432 g/mol. The zero-order valence-corrected chi connectivity index (χ0v) is 17.5. The number of para-hydroxylation sites is 1. The van der Waals surface area contributed by atoms with Crippen LogP contribution in [0.25, 0.3) is 21.5 Å². The first kappa shape index (κ1) is 19.4. The van der Waals surface area contributed by atoms with E-state index in [1.165, 1.54) is 11.3 Å². The van der Waals surface area contributed by atoms with Crippen molar-refractivity contribution in [2.24, 2.45) is 0 Å². The summed E-state index contributed by atoms with van der Waals surface area (Å²) >= 11 is 1.43. The fourth-order valence-corrected chi connectivity index (χ4v) is 4.71. The largest absolute Gasteiger partial charge is 0.356 e. The van der Waals surface area contributed by atoms with E-state index in [4.69, 9.17) is 4.52 Å². The number of aromatic nitrogens is 2. The Labute approximate surface area is 182 Å². The Kier molecular flexibility index (Phi) is 5.21. The highest BCUT2D eigenvalue weighted by atomic mass is 32.1. The molecule has 2 amide bonds. The number of benzene rings is 2. The van der Waals surface area contributed by atoms with Gasteiger partial charge in [0, 0.05) is 18.2 Å². The predicted octanol–water partition coefficient (Wildman–Crippen LogP) is 4.12. The summed E-state index contributed by atoms with van der Waals surface area (Å²) in [5.41, 5.74) is 2.31. The van der Waals surface area contributed by atoms with Gasteiger partial charge in [0.2, 0.25) is 11.8 Å². The van der Waals surface area contributed by atoms with Gasteiger partial charge in [0.05, 0.1) is 22.3 Å². The van der Waals surface area contributed by atoms with Gasteiger partial charge in [-0.2, -0.15) is 0 Å². The van der Waals surface area contributed by atoms with Crippen LogP contribution in [0.5, 0.6) is 0 Å². The summed E-state index contributed by atoms with van der Waals surface area (Å²) in [5.74, 6) is 0.292. The van der Waals surface area contributed by atoms with Crippen LogP contribution in [0.4, 0.5) is 5.13 Å². The van der Waals surface area contributed by atoms with Gasteiger partial charge in [-0.15, -0.1) is 0 Å². The number of nitrogens with one attached hydrogen (secondary N) is 1. The summed E-state index contributed by atoms with van der Waals surface area (Å²) in [6.07, 6.45) is 1.52. The lowest BCUT2D eigenvalue weighted by Gasteiger charge is -2.23. The fraction of sp³-hybridized carbons (Fsp3) is 0.217. The lowest BCUT2D eigenvalue weighted by atomic mass is 10.1. The molecule has 3 heterocycles. The molecule has 8 heteroatoms. The number of amides is 2. The minimum Gasteiger partial charge on any atom is -0.356 e. The topological polar surface area (TPSA) is 88.3 Å². The van der Waals surface area contributed by atoms with Crippen LogP contribution in [0.3, 0.4) is 0 Å². The summed E-state index contributed by atoms with van der Waals surface area (Å²) < 4.78 is 6.40. The van der Waals surface area contributed by atoms with Gasteiger partial charge in [-0.05, 0) is 25.0 Å². The molecule has 2 aromatic carbocycles. The van der Waals surface area contributed by atoms with Crippen molar-refractivity contribution in [2.75, 3.05) is 11.9 Å². The van der Waals surface area contributed by atoms with Crippen LogP contribution in [0.2, 0.25) is 0 Å². The third-order valence-corrected chi connectivity index (χ3v) is 6.30. The number of thiazole rings is 1. The lowest BCUT2D eigenvalue weighted by Crippen LogP contribution is -2.43. The molecular weight excluding hydrogens is 412 g/mol. The van der Waals surface area contributed by atoms with Gasteiger partial charge in [-0.25, -0.2) is 4.98 Å². The van der Waals surface area contributed by atoms with Crippen LogP contribution in [-0.4, -0.2) is 39.4 Å². The lowest BCUT2D eigenvalue weighted by molar-refractivity contribution is -0.136. The molecule has 1 aliphatic heterocycles. The molecule has 1 saturated heterocycles. The summed E-state index contributed by atoms with van der Waals surface area (Å²) in [5, 5.41) is 7.47. The molecule has 1 atom stereocenters. The van der Waals surface area contributed by atoms with Gasteiger partial charge < -0.3 is 14.7 Å². The second-order valence-electron chi connectivity index (χ2n) is 7.45. The predicted molar refractivity (Wildman–Crippen MR) is 119 cm³/mol. The number of fused-ring (bicyclic) bond motifs is 1. The van der Waals surface area contributed by atoms with E-state index in [1.54, 1.807) is 11.0 Å². The Balaban J connectivity index is 1.25. The van der Waals surface area contributed by atoms with Gasteiger partial charge >= 0.3 is 0 Å². The quantitative estimate of drug-likeness (QED) is 0.512. The van der Waals surface area contributed by atoms with E-state index >= 15 is 0 Å². The van der Waals surface area contributed by atoms with Crippen LogP contribution in [0, 0.1) is 0 Å². The zero-order chi connectivity index (χ0) is 21.2. The molecular formula is C23H20N4O3S. The summed E-state index contributed by atoms with van der Waals surface area (Å²) in [7, 11) is 0. The van der Waals surface area contributed by atoms with Crippen molar-refractivity contribution in [3.05, 3.63) is 66.4 Å². The second-order valence-corrected chi connectivity index (χ2v) is 8.48. The molecule has 2 aromatic heterocycles. The van der Waals surface area contributed by atoms with Gasteiger partial charge in [-0.3, -0.25) is 9.59 Å². The van der Waals surface area contributed by atoms with Crippen molar-refractivity contribution in [2.45, 2.75) is 25.3 Å². The SMILES string of the molecule is O=C(Nc1nc2ccccc2s1)C1CCCN1C(=O)Cc1cc(-c2ccccc2)on1. The van der Waals surface area contributed by atoms with E-state index in [2.05, 4.69) is 15.5 Å². The first-order valence-corrected chi connectivity index (χ1v) is 11.0. The highest BCUT2D eigenvalue weighted by Crippen LogP contribution is 2.27. The minimum absolute atomic E-state index is 0.0985. The van der Waals surface area contributed by atoms with Gasteiger partial charge in [0.25, 0.3) is 0 Å². The Bertz CT molecular complexity index is 1200. The number of rotatable bonds is 5. The first-order valence-electron chi connectivity index (χ1n) is 10.1. The summed E-state index contributed by atoms with van der Waals surface area (Å²) in [6, 6.07) is 18.6. The van der Waals surface area contributed by atoms with Crippen LogP contribution in [0.15, 0.2) is 65.2 Å². The van der Waals surface area contributed by atoms with E-state index in [9.17, 15) is 9.59 Å². The number of hydrogen-bond donors (Lipinski definition) is 1. The zero-order valence-electron chi connectivity index (χ0n) is 16.7. The van der Waals surface area contributed by atoms with E-state index in [0.29, 0.717) is 29.6 Å². The first-order chi connectivity index (χ1) is 15.2. The minimum atomic E-state index is -0.500. The van der Waals surface area contributed by atoms with E-state index in [-0.39, 0.29) is 18.2 Å². The molecule has 31 heavy (non-hydrogen) atoms. The maximum Gasteiger partial charge on any atom is 0.248 e. The van der Waals surface area contributed by atoms with E-state index in [0.717, 1.165) is 22.2 Å². The van der Waals surface area contributed by atoms with Crippen LogP contribution in [-0.2, 0) is 16.0 Å². The summed E-state index contributed by atoms with van der Waals surface area (Å²) in [6.45, 7) is 0.556. The third-order valence-electron chi connectivity index (χ3n) is 5.35. The molecule has 1 fully saturated rings. The standard InChI is InChI=1S/C23H20N4O3S/c28-21(14-16-13-19(30-26-16)15-7-2-1-3-8-15)27-12-6-10-18(27)22(29)25-23-24-17-9-4-5-11-20(17)31-23/h1-5,7-9,11,13,18H,6,10,12,14H2,(H,24,25,29). The van der Waals surface area contributed by atoms with Crippen LogP contribution in [0.1, 0.15) is 18.5 Å². The van der Waals surface area contributed by atoms with E-state index in [1.807, 2.05) is 54.6 Å². The Morgan fingerprint density at radius 1 is 1.13 bits per heavy atom. The molecule has 156 valence electrons. The second kappa shape index (κ2) is 8.31. The Morgan fingerprint density at radius 3 is 2.77 bits per heavy atom. The molecule has 1 aliphatic rings. The number of carbonyl (C=O) groups excluding carboxylic acids is 2. The molecule has 0 bridgehead atoms. The smallest absolute Gasteiger partial charge is 0.248 e. The third kappa shape index (κ3) is 4.06. The molecule has 0 spiro atoms. The summed E-state index contributed by atoms with van der Waals surface area (Å²) in [4.78, 5) is 31.9. The fourth-order valence-electron chi connectivity index (χ4n) is 3.84. The average molecular weight is 433 g/mol. The maximum absolute atomic E-state index is 12.9. The molecule has 1 N–H and O–H groups in total. The van der Waals surface area contributed by atoms with Crippen LogP contribution < -0.4 is 5.32 Å². The molecule has 4 aromatic rings. The molecule has 5 rings (SSSR count). The highest BCUT2D eigenvalue weighted by molar-refractivity contribution is 7.22. The van der Waals surface area contributed by atoms with Crippen molar-refractivity contribution in [3.63, 3.8) is 0 Å². The highest BCUT2D eigenvalue weighted by Gasteiger charge is 2.34. The van der Waals surface area contributed by atoms with Crippen molar-refractivity contribution < 1.29 is 14.1 Å². The number of anilines is 1. The van der Waals surface area contributed by atoms with Crippen molar-refractivity contribution >= 4 is 38.5 Å². The van der Waals surface area contributed by atoms with E-state index < -0.39 is 6.04 Å². The van der Waals surface area contributed by atoms with Gasteiger partial charge in [-0.1, -0.05) is 59.0 Å². The Morgan fingerprint density at radius 2 is 1.94 bits per heavy atom. The number of likely N-dealkylation sites (tertiary alicyclic amines) is 1. The number of carbonyl (C=O) groups is 2. The molecule has 7 nitrogen and oxygen atoms in total. The maximum atomic E-state index is 12.9. The molecule has 0 radical (unpaired) electrons. The van der Waals surface area contributed by atoms with Gasteiger partial charge in [0.1, 0.15) is 6.04 Å². The number of hydrogen-bond acceptors (Lipinski definition) is 6. The average Bonchev–Trinajstić information content (AvgIpc) is 3.53. The van der Waals surface area contributed by atoms with Crippen molar-refractivity contribution in [1.82, 2.24) is 15.0 Å². The van der Waals surface area contributed by atoms with Crippen molar-refractivity contribution in [3.8, 4) is 11.3 Å². The molecule has 0 saturated carbocycles. The molecule has 1 unspecified atom stereocenters.